The van der Waals surface area contributed by atoms with Gasteiger partial charge in [-0.05, 0) is 30.2 Å². The van der Waals surface area contributed by atoms with Gasteiger partial charge in [0.15, 0.2) is 0 Å². The lowest BCUT2D eigenvalue weighted by atomic mass is 10.2. The summed E-state index contributed by atoms with van der Waals surface area (Å²) < 4.78 is 2.11. The van der Waals surface area contributed by atoms with Gasteiger partial charge in [0.05, 0.1) is 5.69 Å². The molecule has 0 radical (unpaired) electrons. The van der Waals surface area contributed by atoms with Gasteiger partial charge in [0.1, 0.15) is 0 Å². The van der Waals surface area contributed by atoms with Gasteiger partial charge in [-0.2, -0.15) is 16.4 Å². The zero-order valence-corrected chi connectivity index (χ0v) is 11.3. The minimum Gasteiger partial charge on any atom is -0.272 e. The number of hydrogen-bond donors (Lipinski definition) is 0. The summed E-state index contributed by atoms with van der Waals surface area (Å²) in [5.41, 5.74) is 3.67. The fraction of sp³-hybridized carbons (Fsp3) is 0.417. The molecule has 0 aliphatic heterocycles. The molecule has 0 bridgehead atoms. The van der Waals surface area contributed by atoms with E-state index in [-0.39, 0.29) is 0 Å². The molecule has 1 aliphatic carbocycles. The Hall–Kier alpha value is -0.610. The number of alkyl halides is 1. The Balaban J connectivity index is 1.92. The molecule has 2 heterocycles. The SMILES string of the molecule is BrCc1cn(CC2CC2)nc1-c1ccsc1. The fourth-order valence-corrected chi connectivity index (χ4v) is 2.91. The van der Waals surface area contributed by atoms with Gasteiger partial charge in [0.2, 0.25) is 0 Å². The number of hydrogen-bond acceptors (Lipinski definition) is 2. The van der Waals surface area contributed by atoms with E-state index in [0.29, 0.717) is 0 Å². The van der Waals surface area contributed by atoms with E-state index in [9.17, 15) is 0 Å². The van der Waals surface area contributed by atoms with Gasteiger partial charge in [-0.15, -0.1) is 0 Å². The molecule has 3 rings (SSSR count). The molecule has 16 heavy (non-hydrogen) atoms. The van der Waals surface area contributed by atoms with Crippen LogP contribution < -0.4 is 0 Å². The molecular formula is C12H13BrN2S. The van der Waals surface area contributed by atoms with E-state index >= 15 is 0 Å². The molecule has 2 aromatic heterocycles. The molecule has 0 amide bonds. The zero-order valence-electron chi connectivity index (χ0n) is 8.90. The van der Waals surface area contributed by atoms with Gasteiger partial charge in [0, 0.05) is 34.6 Å². The predicted octanol–water partition coefficient (Wildman–Crippen LogP) is 3.92. The van der Waals surface area contributed by atoms with Crippen molar-refractivity contribution in [1.29, 1.82) is 0 Å². The van der Waals surface area contributed by atoms with Crippen molar-refractivity contribution in [2.45, 2.75) is 24.7 Å². The summed E-state index contributed by atoms with van der Waals surface area (Å²) in [5.74, 6) is 0.874. The third-order valence-electron chi connectivity index (χ3n) is 2.92. The van der Waals surface area contributed by atoms with Crippen molar-refractivity contribution in [3.63, 3.8) is 0 Å². The molecule has 0 spiro atoms. The van der Waals surface area contributed by atoms with Gasteiger partial charge >= 0.3 is 0 Å². The molecule has 1 aliphatic rings. The maximum atomic E-state index is 4.70. The second kappa shape index (κ2) is 4.34. The zero-order chi connectivity index (χ0) is 11.0. The highest BCUT2D eigenvalue weighted by Crippen LogP contribution is 2.32. The second-order valence-corrected chi connectivity index (χ2v) is 5.65. The van der Waals surface area contributed by atoms with Crippen LogP contribution in [0.25, 0.3) is 11.3 Å². The third kappa shape index (κ3) is 2.09. The van der Waals surface area contributed by atoms with E-state index in [2.05, 4.69) is 43.6 Å². The number of thiophene rings is 1. The number of nitrogens with zero attached hydrogens (tertiary/aromatic N) is 2. The van der Waals surface area contributed by atoms with Crippen LogP contribution in [0.1, 0.15) is 18.4 Å². The summed E-state index contributed by atoms with van der Waals surface area (Å²) in [7, 11) is 0. The van der Waals surface area contributed by atoms with Crippen LogP contribution in [0.15, 0.2) is 23.0 Å². The first kappa shape index (κ1) is 10.5. The fourth-order valence-electron chi connectivity index (χ4n) is 1.86. The molecule has 0 aromatic carbocycles. The Kier molecular flexibility index (Phi) is 2.86. The average molecular weight is 297 g/mol. The van der Waals surface area contributed by atoms with Crippen LogP contribution in [0, 0.1) is 5.92 Å². The molecule has 2 nitrogen and oxygen atoms in total. The van der Waals surface area contributed by atoms with Crippen molar-refractivity contribution >= 4 is 27.3 Å². The summed E-state index contributed by atoms with van der Waals surface area (Å²) >= 11 is 5.26. The Morgan fingerprint density at radius 2 is 2.38 bits per heavy atom. The van der Waals surface area contributed by atoms with Crippen LogP contribution in [-0.2, 0) is 11.9 Å². The van der Waals surface area contributed by atoms with Gasteiger partial charge < -0.3 is 0 Å². The quantitative estimate of drug-likeness (QED) is 0.782. The van der Waals surface area contributed by atoms with Gasteiger partial charge in [0.25, 0.3) is 0 Å². The van der Waals surface area contributed by atoms with E-state index < -0.39 is 0 Å². The largest absolute Gasteiger partial charge is 0.272 e. The lowest BCUT2D eigenvalue weighted by Crippen LogP contribution is -1.99. The molecule has 0 saturated heterocycles. The maximum absolute atomic E-state index is 4.70. The molecule has 0 unspecified atom stereocenters. The van der Waals surface area contributed by atoms with Gasteiger partial charge in [-0.3, -0.25) is 4.68 Å². The summed E-state index contributed by atoms with van der Waals surface area (Å²) in [6.07, 6.45) is 4.93. The first-order chi connectivity index (χ1) is 7.86. The summed E-state index contributed by atoms with van der Waals surface area (Å²) in [6, 6.07) is 2.14. The van der Waals surface area contributed by atoms with Crippen molar-refractivity contribution in [3.05, 3.63) is 28.6 Å². The van der Waals surface area contributed by atoms with Crippen molar-refractivity contribution < 1.29 is 0 Å². The van der Waals surface area contributed by atoms with Crippen molar-refractivity contribution in [2.75, 3.05) is 0 Å². The van der Waals surface area contributed by atoms with E-state index in [1.54, 1.807) is 11.3 Å². The molecule has 1 fully saturated rings. The Morgan fingerprint density at radius 1 is 1.50 bits per heavy atom. The van der Waals surface area contributed by atoms with E-state index in [1.165, 1.54) is 24.0 Å². The molecule has 0 N–H and O–H groups in total. The van der Waals surface area contributed by atoms with Crippen molar-refractivity contribution in [1.82, 2.24) is 9.78 Å². The molecule has 1 saturated carbocycles. The normalized spacial score (nSPS) is 15.6. The first-order valence-electron chi connectivity index (χ1n) is 5.51. The first-order valence-corrected chi connectivity index (χ1v) is 7.58. The van der Waals surface area contributed by atoms with Gasteiger partial charge in [-0.25, -0.2) is 0 Å². The molecule has 0 atom stereocenters. The molecule has 4 heteroatoms. The Labute approximate surface area is 107 Å². The smallest absolute Gasteiger partial charge is 0.0971 e. The van der Waals surface area contributed by atoms with Crippen molar-refractivity contribution in [2.24, 2.45) is 5.92 Å². The third-order valence-corrected chi connectivity index (χ3v) is 4.21. The monoisotopic (exact) mass is 296 g/mol. The Bertz CT molecular complexity index is 471. The minimum absolute atomic E-state index is 0.874. The van der Waals surface area contributed by atoms with Gasteiger partial charge in [-0.1, -0.05) is 15.9 Å². The summed E-state index contributed by atoms with van der Waals surface area (Å²) in [4.78, 5) is 0. The standard InChI is InChI=1S/C12H13BrN2S/c13-5-11-7-15(6-9-1-2-9)14-12(11)10-3-4-16-8-10/h3-4,7-9H,1-2,5-6H2. The van der Waals surface area contributed by atoms with Crippen LogP contribution in [-0.4, -0.2) is 9.78 Å². The van der Waals surface area contributed by atoms with E-state index in [1.807, 2.05) is 0 Å². The summed E-state index contributed by atoms with van der Waals surface area (Å²) in [5, 5.41) is 9.84. The second-order valence-electron chi connectivity index (χ2n) is 4.31. The lowest BCUT2D eigenvalue weighted by molar-refractivity contribution is 0.564. The van der Waals surface area contributed by atoms with E-state index in [0.717, 1.165) is 23.5 Å². The Morgan fingerprint density at radius 3 is 3.00 bits per heavy atom. The van der Waals surface area contributed by atoms with E-state index in [4.69, 9.17) is 5.10 Å². The highest BCUT2D eigenvalue weighted by atomic mass is 79.9. The van der Waals surface area contributed by atoms with Crippen LogP contribution >= 0.6 is 27.3 Å². The van der Waals surface area contributed by atoms with Crippen LogP contribution in [0.3, 0.4) is 0 Å². The van der Waals surface area contributed by atoms with Crippen LogP contribution in [0.2, 0.25) is 0 Å². The highest BCUT2D eigenvalue weighted by molar-refractivity contribution is 9.08. The molecule has 2 aromatic rings. The molecule has 84 valence electrons. The topological polar surface area (TPSA) is 17.8 Å². The van der Waals surface area contributed by atoms with Crippen molar-refractivity contribution in [3.8, 4) is 11.3 Å². The molecular weight excluding hydrogens is 284 g/mol. The number of rotatable bonds is 4. The predicted molar refractivity (Wildman–Crippen MR) is 70.9 cm³/mol. The van der Waals surface area contributed by atoms with Crippen LogP contribution in [0.5, 0.6) is 0 Å². The average Bonchev–Trinajstić information content (AvgIpc) is 2.83. The minimum atomic E-state index is 0.874. The number of aromatic nitrogens is 2. The highest BCUT2D eigenvalue weighted by Gasteiger charge is 2.22. The summed E-state index contributed by atoms with van der Waals surface area (Å²) in [6.45, 7) is 1.09. The lowest BCUT2D eigenvalue weighted by Gasteiger charge is -1.96. The maximum Gasteiger partial charge on any atom is 0.0971 e. The van der Waals surface area contributed by atoms with Crippen LogP contribution in [0.4, 0.5) is 0 Å². The number of halogens is 1.